The van der Waals surface area contributed by atoms with E-state index in [1.165, 1.54) is 9.80 Å². The van der Waals surface area contributed by atoms with Crippen LogP contribution < -0.4 is 21.1 Å². The lowest BCUT2D eigenvalue weighted by Gasteiger charge is -2.53. The van der Waals surface area contributed by atoms with Crippen molar-refractivity contribution in [3.63, 3.8) is 0 Å². The van der Waals surface area contributed by atoms with Crippen molar-refractivity contribution in [2.75, 3.05) is 39.3 Å². The van der Waals surface area contributed by atoms with Gasteiger partial charge in [0, 0.05) is 37.1 Å². The second-order valence-corrected chi connectivity index (χ2v) is 10.2. The van der Waals surface area contributed by atoms with Gasteiger partial charge in [-0.25, -0.2) is 4.79 Å². The standard InChI is InChI=1S/C29H34N6O6/c1-2-22(40-20-9-7-18(8-10-20)27(30)31)29(35-14-12-33-17-25(35)37,23-15-19-5-3-4-6-21(19)41-23)26(28(38)39)34-13-11-32-16-24(34)36/h3-10,15,22,26,32-33H,2,11-14,16-17H2,1H3,(H3,30,31)(H,38,39). The zero-order chi connectivity index (χ0) is 29.1. The molecule has 12 heteroatoms. The largest absolute Gasteiger partial charge is 0.487 e. The van der Waals surface area contributed by atoms with E-state index in [1.807, 2.05) is 25.1 Å². The van der Waals surface area contributed by atoms with Gasteiger partial charge in [0.25, 0.3) is 0 Å². The van der Waals surface area contributed by atoms with E-state index in [0.717, 1.165) is 5.39 Å². The first-order chi connectivity index (χ1) is 19.8. The number of carbonyl (C=O) groups is 3. The SMILES string of the molecule is CCC(Oc1ccc(C(=N)N)cc1)C(c1cc2ccccc2o1)(C(C(=O)O)N1CCNCC1=O)N1CCNCC1=O. The number of aliphatic carboxylic acids is 1. The number of furan rings is 1. The lowest BCUT2D eigenvalue weighted by molar-refractivity contribution is -0.175. The molecule has 3 heterocycles. The number of nitrogen functional groups attached to an aromatic ring is 1. The number of benzene rings is 2. The number of nitrogens with one attached hydrogen (secondary N) is 3. The number of carboxylic acid groups (broad SMARTS) is 1. The summed E-state index contributed by atoms with van der Waals surface area (Å²) < 4.78 is 13.0. The molecule has 0 radical (unpaired) electrons. The Balaban J connectivity index is 1.78. The van der Waals surface area contributed by atoms with Crippen molar-refractivity contribution in [2.24, 2.45) is 5.73 Å². The van der Waals surface area contributed by atoms with E-state index in [0.29, 0.717) is 30.0 Å². The van der Waals surface area contributed by atoms with Crippen molar-refractivity contribution < 1.29 is 28.6 Å². The average Bonchev–Trinajstić information content (AvgIpc) is 3.41. The fourth-order valence-corrected chi connectivity index (χ4v) is 5.92. The maximum atomic E-state index is 13.7. The summed E-state index contributed by atoms with van der Waals surface area (Å²) in [7, 11) is 0. The molecule has 12 nitrogen and oxygen atoms in total. The molecule has 6 N–H and O–H groups in total. The molecule has 3 unspecified atom stereocenters. The number of nitrogens with zero attached hydrogens (tertiary/aromatic N) is 2. The highest BCUT2D eigenvalue weighted by Gasteiger charge is 2.62. The lowest BCUT2D eigenvalue weighted by Crippen LogP contribution is -2.74. The number of nitrogens with two attached hydrogens (primary N) is 1. The molecule has 2 aromatic carbocycles. The normalized spacial score (nSPS) is 19.0. The van der Waals surface area contributed by atoms with E-state index in [-0.39, 0.29) is 50.1 Å². The van der Waals surface area contributed by atoms with Crippen molar-refractivity contribution >= 4 is 34.6 Å². The third kappa shape index (κ3) is 5.11. The van der Waals surface area contributed by atoms with Crippen molar-refractivity contribution in [2.45, 2.75) is 31.0 Å². The minimum absolute atomic E-state index is 0.00639. The Bertz CT molecular complexity index is 1420. The first-order valence-corrected chi connectivity index (χ1v) is 13.6. The van der Waals surface area contributed by atoms with Crippen LogP contribution in [0, 0.1) is 5.41 Å². The Labute approximate surface area is 236 Å². The number of carboxylic acids is 1. The van der Waals surface area contributed by atoms with Gasteiger partial charge in [-0.15, -0.1) is 0 Å². The number of fused-ring (bicyclic) bond motifs is 1. The second-order valence-electron chi connectivity index (χ2n) is 10.2. The van der Waals surface area contributed by atoms with E-state index >= 15 is 0 Å². The molecule has 2 aliphatic rings. The molecule has 2 amide bonds. The summed E-state index contributed by atoms with van der Waals surface area (Å²) in [6.07, 6.45) is -0.690. The summed E-state index contributed by atoms with van der Waals surface area (Å²) in [5.74, 6) is -1.50. The van der Waals surface area contributed by atoms with E-state index in [1.54, 1.807) is 36.4 Å². The number of rotatable bonds is 10. The third-order valence-corrected chi connectivity index (χ3v) is 7.75. The lowest BCUT2D eigenvalue weighted by atomic mass is 9.76. The van der Waals surface area contributed by atoms with Crippen LogP contribution in [0.4, 0.5) is 0 Å². The minimum atomic E-state index is -1.75. The summed E-state index contributed by atoms with van der Waals surface area (Å²) >= 11 is 0. The molecule has 0 aliphatic carbocycles. The number of ether oxygens (including phenoxy) is 1. The van der Waals surface area contributed by atoms with Gasteiger partial charge >= 0.3 is 5.97 Å². The molecular weight excluding hydrogens is 528 g/mol. The fourth-order valence-electron chi connectivity index (χ4n) is 5.92. The molecule has 0 bridgehead atoms. The van der Waals surface area contributed by atoms with Crippen LogP contribution in [0.1, 0.15) is 24.7 Å². The Kier molecular flexibility index (Phi) is 7.95. The zero-order valence-electron chi connectivity index (χ0n) is 22.8. The number of hydrogen-bond donors (Lipinski definition) is 5. The summed E-state index contributed by atoms with van der Waals surface area (Å²) in [5, 5.41) is 25.4. The predicted molar refractivity (Wildman–Crippen MR) is 151 cm³/mol. The monoisotopic (exact) mass is 562 g/mol. The fraction of sp³-hybridized carbons (Fsp3) is 0.379. The maximum absolute atomic E-state index is 13.7. The number of carbonyl (C=O) groups excluding carboxylic acids is 2. The smallest absolute Gasteiger partial charge is 0.329 e. The van der Waals surface area contributed by atoms with Gasteiger partial charge in [-0.2, -0.15) is 0 Å². The highest BCUT2D eigenvalue weighted by Crippen LogP contribution is 2.44. The Hall–Kier alpha value is -4.42. The van der Waals surface area contributed by atoms with E-state index in [9.17, 15) is 19.5 Å². The second kappa shape index (κ2) is 11.6. The van der Waals surface area contributed by atoms with Gasteiger partial charge in [0.1, 0.15) is 29.0 Å². The first kappa shape index (κ1) is 28.1. The van der Waals surface area contributed by atoms with Crippen molar-refractivity contribution in [1.29, 1.82) is 5.41 Å². The van der Waals surface area contributed by atoms with Crippen LogP contribution in [0.3, 0.4) is 0 Å². The number of amides is 2. The quantitative estimate of drug-likeness (QED) is 0.179. The number of amidine groups is 1. The molecule has 5 rings (SSSR count). The van der Waals surface area contributed by atoms with E-state index in [2.05, 4.69) is 10.6 Å². The van der Waals surface area contributed by atoms with Crippen LogP contribution in [0.5, 0.6) is 5.75 Å². The highest BCUT2D eigenvalue weighted by atomic mass is 16.5. The molecule has 41 heavy (non-hydrogen) atoms. The minimum Gasteiger partial charge on any atom is -0.487 e. The number of para-hydroxylation sites is 1. The molecule has 2 fully saturated rings. The van der Waals surface area contributed by atoms with E-state index < -0.39 is 29.6 Å². The van der Waals surface area contributed by atoms with Gasteiger partial charge in [0.2, 0.25) is 11.8 Å². The van der Waals surface area contributed by atoms with Crippen LogP contribution in [-0.4, -0.2) is 89.9 Å². The molecule has 216 valence electrons. The zero-order valence-corrected chi connectivity index (χ0v) is 22.8. The number of piperazine rings is 2. The van der Waals surface area contributed by atoms with Gasteiger partial charge < -0.3 is 40.4 Å². The van der Waals surface area contributed by atoms with Gasteiger partial charge in [0.15, 0.2) is 11.6 Å². The van der Waals surface area contributed by atoms with Gasteiger partial charge in [-0.1, -0.05) is 25.1 Å². The molecule has 0 spiro atoms. The average molecular weight is 563 g/mol. The van der Waals surface area contributed by atoms with Crippen LogP contribution in [0.25, 0.3) is 11.0 Å². The Morgan fingerprint density at radius 3 is 2.39 bits per heavy atom. The van der Waals surface area contributed by atoms with Crippen LogP contribution in [-0.2, 0) is 19.9 Å². The molecule has 3 aromatic rings. The Morgan fingerprint density at radius 2 is 1.78 bits per heavy atom. The first-order valence-electron chi connectivity index (χ1n) is 13.6. The molecule has 2 aliphatic heterocycles. The maximum Gasteiger partial charge on any atom is 0.329 e. The third-order valence-electron chi connectivity index (χ3n) is 7.75. The van der Waals surface area contributed by atoms with E-state index in [4.69, 9.17) is 20.3 Å². The predicted octanol–water partition coefficient (Wildman–Crippen LogP) is 1.09. The van der Waals surface area contributed by atoms with Crippen molar-refractivity contribution in [1.82, 2.24) is 20.4 Å². The van der Waals surface area contributed by atoms with Gasteiger partial charge in [-0.3, -0.25) is 15.0 Å². The number of hydrogen-bond acceptors (Lipinski definition) is 8. The molecule has 2 saturated heterocycles. The van der Waals surface area contributed by atoms with Gasteiger partial charge in [0.05, 0.1) is 13.1 Å². The van der Waals surface area contributed by atoms with Crippen molar-refractivity contribution in [3.05, 3.63) is 65.9 Å². The van der Waals surface area contributed by atoms with Crippen LogP contribution >= 0.6 is 0 Å². The van der Waals surface area contributed by atoms with Crippen molar-refractivity contribution in [3.8, 4) is 5.75 Å². The summed E-state index contributed by atoms with van der Waals surface area (Å²) in [6.45, 7) is 2.92. The molecule has 3 atom stereocenters. The Morgan fingerprint density at radius 1 is 1.10 bits per heavy atom. The summed E-state index contributed by atoms with van der Waals surface area (Å²) in [6, 6.07) is 14.1. The van der Waals surface area contributed by atoms with Gasteiger partial charge in [-0.05, 0) is 42.8 Å². The summed E-state index contributed by atoms with van der Waals surface area (Å²) in [4.78, 5) is 43.3. The molecule has 0 saturated carbocycles. The summed E-state index contributed by atoms with van der Waals surface area (Å²) in [5.41, 5.74) is 4.90. The highest BCUT2D eigenvalue weighted by molar-refractivity contribution is 5.95. The molecule has 1 aromatic heterocycles. The van der Waals surface area contributed by atoms with Crippen LogP contribution in [0.15, 0.2) is 59.0 Å². The molecular formula is C29H34N6O6. The van der Waals surface area contributed by atoms with Crippen LogP contribution in [0.2, 0.25) is 0 Å². The topological polar surface area (TPSA) is 174 Å².